The smallest absolute Gasteiger partial charge is 0.275 e. The molecule has 0 aliphatic carbocycles. The van der Waals surface area contributed by atoms with Crippen molar-refractivity contribution >= 4 is 17.8 Å². The number of hydrogen-bond donors (Lipinski definition) is 1. The minimum atomic E-state index is -0.250. The van der Waals surface area contributed by atoms with Crippen molar-refractivity contribution in [1.29, 1.82) is 0 Å². The summed E-state index contributed by atoms with van der Waals surface area (Å²) >= 11 is 0. The summed E-state index contributed by atoms with van der Waals surface area (Å²) in [6.07, 6.45) is 2.98. The zero-order valence-electron chi connectivity index (χ0n) is 12.8. The van der Waals surface area contributed by atoms with Crippen molar-refractivity contribution in [2.75, 3.05) is 0 Å². The molecule has 2 aromatic rings. The SMILES string of the molecule is Cc1cccc(/C=C2/N=C(CCc3cccc(F)c3)NC2=O)c1. The monoisotopic (exact) mass is 308 g/mol. The van der Waals surface area contributed by atoms with Gasteiger partial charge in [-0.25, -0.2) is 9.38 Å². The van der Waals surface area contributed by atoms with Crippen molar-refractivity contribution in [3.8, 4) is 0 Å². The summed E-state index contributed by atoms with van der Waals surface area (Å²) in [4.78, 5) is 16.3. The summed E-state index contributed by atoms with van der Waals surface area (Å²) in [7, 11) is 0. The molecule has 1 aliphatic heterocycles. The van der Waals surface area contributed by atoms with Crippen molar-refractivity contribution < 1.29 is 9.18 Å². The summed E-state index contributed by atoms with van der Waals surface area (Å²) in [5.41, 5.74) is 3.38. The molecule has 0 spiro atoms. The van der Waals surface area contributed by atoms with Crippen molar-refractivity contribution in [1.82, 2.24) is 5.32 Å². The average Bonchev–Trinajstić information content (AvgIpc) is 2.86. The summed E-state index contributed by atoms with van der Waals surface area (Å²) in [5.74, 6) is 0.179. The van der Waals surface area contributed by atoms with E-state index >= 15 is 0 Å². The van der Waals surface area contributed by atoms with Gasteiger partial charge in [0.05, 0.1) is 0 Å². The van der Waals surface area contributed by atoms with E-state index in [9.17, 15) is 9.18 Å². The Bertz CT molecular complexity index is 809. The van der Waals surface area contributed by atoms with Gasteiger partial charge in [0, 0.05) is 6.42 Å². The van der Waals surface area contributed by atoms with Crippen LogP contribution in [0.1, 0.15) is 23.1 Å². The molecule has 1 aliphatic rings. The molecule has 3 nitrogen and oxygen atoms in total. The molecule has 0 fully saturated rings. The quantitative estimate of drug-likeness (QED) is 0.861. The Kier molecular flexibility index (Phi) is 4.33. The van der Waals surface area contributed by atoms with Gasteiger partial charge in [-0.15, -0.1) is 0 Å². The van der Waals surface area contributed by atoms with Crippen molar-refractivity contribution in [3.63, 3.8) is 0 Å². The van der Waals surface area contributed by atoms with Gasteiger partial charge in [0.25, 0.3) is 5.91 Å². The fourth-order valence-electron chi connectivity index (χ4n) is 2.51. The number of amides is 1. The van der Waals surface area contributed by atoms with Gasteiger partial charge in [-0.1, -0.05) is 42.0 Å². The number of carbonyl (C=O) groups excluding carboxylic acids is 1. The lowest BCUT2D eigenvalue weighted by atomic mass is 10.1. The number of aliphatic imine (C=N–C) groups is 1. The third-order valence-corrected chi connectivity index (χ3v) is 3.63. The van der Waals surface area contributed by atoms with Crippen LogP contribution in [0.2, 0.25) is 0 Å². The third kappa shape index (κ3) is 3.92. The van der Waals surface area contributed by atoms with Crippen LogP contribution in [0.25, 0.3) is 6.08 Å². The van der Waals surface area contributed by atoms with Gasteiger partial charge in [-0.3, -0.25) is 4.79 Å². The number of hydrogen-bond acceptors (Lipinski definition) is 2. The number of halogens is 1. The number of rotatable bonds is 4. The van der Waals surface area contributed by atoms with Gasteiger partial charge in [-0.2, -0.15) is 0 Å². The first-order chi connectivity index (χ1) is 11.1. The summed E-state index contributed by atoms with van der Waals surface area (Å²) in [6.45, 7) is 2.00. The zero-order chi connectivity index (χ0) is 16.2. The van der Waals surface area contributed by atoms with E-state index in [2.05, 4.69) is 10.3 Å². The Morgan fingerprint density at radius 3 is 2.74 bits per heavy atom. The molecule has 1 amide bonds. The van der Waals surface area contributed by atoms with E-state index in [0.29, 0.717) is 24.4 Å². The fraction of sp³-hybridized carbons (Fsp3) is 0.158. The van der Waals surface area contributed by atoms with E-state index in [0.717, 1.165) is 16.7 Å². The van der Waals surface area contributed by atoms with Gasteiger partial charge in [0.15, 0.2) is 0 Å². The lowest BCUT2D eigenvalue weighted by molar-refractivity contribution is -0.115. The lowest BCUT2D eigenvalue weighted by Crippen LogP contribution is -2.24. The van der Waals surface area contributed by atoms with E-state index in [1.54, 1.807) is 12.1 Å². The summed E-state index contributed by atoms with van der Waals surface area (Å²) in [5, 5.41) is 2.77. The molecular weight excluding hydrogens is 291 g/mol. The predicted molar refractivity (Wildman–Crippen MR) is 89.5 cm³/mol. The van der Waals surface area contributed by atoms with E-state index in [4.69, 9.17) is 0 Å². The number of nitrogens with zero attached hydrogens (tertiary/aromatic N) is 1. The molecule has 2 aromatic carbocycles. The zero-order valence-corrected chi connectivity index (χ0v) is 12.8. The minimum Gasteiger partial charge on any atom is -0.309 e. The first-order valence-electron chi connectivity index (χ1n) is 7.52. The molecule has 0 aromatic heterocycles. The second kappa shape index (κ2) is 6.57. The maximum Gasteiger partial charge on any atom is 0.275 e. The highest BCUT2D eigenvalue weighted by atomic mass is 19.1. The Morgan fingerprint density at radius 2 is 1.96 bits per heavy atom. The van der Waals surface area contributed by atoms with Gasteiger partial charge in [0.2, 0.25) is 0 Å². The number of aryl methyl sites for hydroxylation is 2. The molecule has 3 rings (SSSR count). The average molecular weight is 308 g/mol. The van der Waals surface area contributed by atoms with Crippen LogP contribution in [0.3, 0.4) is 0 Å². The minimum absolute atomic E-state index is 0.194. The molecule has 0 unspecified atom stereocenters. The van der Waals surface area contributed by atoms with Crippen LogP contribution >= 0.6 is 0 Å². The number of nitrogens with one attached hydrogen (secondary N) is 1. The van der Waals surface area contributed by atoms with E-state index in [1.165, 1.54) is 12.1 Å². The second-order valence-corrected chi connectivity index (χ2v) is 5.59. The highest BCUT2D eigenvalue weighted by Gasteiger charge is 2.19. The Labute approximate surface area is 134 Å². The topological polar surface area (TPSA) is 41.5 Å². The Hall–Kier alpha value is -2.75. The highest BCUT2D eigenvalue weighted by molar-refractivity contribution is 6.14. The third-order valence-electron chi connectivity index (χ3n) is 3.63. The van der Waals surface area contributed by atoms with Crippen LogP contribution in [0.4, 0.5) is 4.39 Å². The van der Waals surface area contributed by atoms with E-state index < -0.39 is 0 Å². The summed E-state index contributed by atoms with van der Waals surface area (Å²) in [6, 6.07) is 14.4. The van der Waals surface area contributed by atoms with Gasteiger partial charge >= 0.3 is 0 Å². The predicted octanol–water partition coefficient (Wildman–Crippen LogP) is 3.64. The maximum absolute atomic E-state index is 13.2. The van der Waals surface area contributed by atoms with Crippen LogP contribution in [-0.4, -0.2) is 11.7 Å². The summed E-state index contributed by atoms with van der Waals surface area (Å²) < 4.78 is 13.2. The van der Waals surface area contributed by atoms with E-state index in [-0.39, 0.29) is 11.7 Å². The van der Waals surface area contributed by atoms with Crippen molar-refractivity contribution in [2.45, 2.75) is 19.8 Å². The Morgan fingerprint density at radius 1 is 1.13 bits per heavy atom. The number of carbonyl (C=O) groups is 1. The fourth-order valence-corrected chi connectivity index (χ4v) is 2.51. The van der Waals surface area contributed by atoms with Gasteiger partial charge in [-0.05, 0) is 42.7 Å². The first kappa shape index (κ1) is 15.2. The molecule has 23 heavy (non-hydrogen) atoms. The van der Waals surface area contributed by atoms with Crippen molar-refractivity contribution in [2.24, 2.45) is 4.99 Å². The number of benzene rings is 2. The number of amidine groups is 1. The molecule has 0 saturated heterocycles. The normalized spacial score (nSPS) is 15.7. The molecule has 0 atom stereocenters. The van der Waals surface area contributed by atoms with E-state index in [1.807, 2.05) is 37.3 Å². The van der Waals surface area contributed by atoms with Crippen molar-refractivity contribution in [3.05, 3.63) is 76.7 Å². The van der Waals surface area contributed by atoms with Gasteiger partial charge < -0.3 is 5.32 Å². The largest absolute Gasteiger partial charge is 0.309 e. The standard InChI is InChI=1S/C19H17FN2O/c1-13-4-2-6-15(10-13)12-17-19(23)22-18(21-17)9-8-14-5-3-7-16(20)11-14/h2-7,10-12H,8-9H2,1H3,(H,21,22,23)/b17-12+. The molecule has 4 heteroatoms. The van der Waals surface area contributed by atoms with Crippen LogP contribution in [0.15, 0.2) is 59.2 Å². The second-order valence-electron chi connectivity index (χ2n) is 5.59. The van der Waals surface area contributed by atoms with Gasteiger partial charge in [0.1, 0.15) is 17.3 Å². The highest BCUT2D eigenvalue weighted by Crippen LogP contribution is 2.15. The van der Waals surface area contributed by atoms with Crippen LogP contribution in [-0.2, 0) is 11.2 Å². The van der Waals surface area contributed by atoms with Crippen LogP contribution < -0.4 is 5.32 Å². The first-order valence-corrected chi connectivity index (χ1v) is 7.52. The molecule has 116 valence electrons. The molecule has 0 radical (unpaired) electrons. The van der Waals surface area contributed by atoms with Crippen LogP contribution in [0, 0.1) is 12.7 Å². The molecule has 1 heterocycles. The maximum atomic E-state index is 13.2. The molecule has 0 saturated carbocycles. The molecule has 0 bridgehead atoms. The lowest BCUT2D eigenvalue weighted by Gasteiger charge is -2.01. The van der Waals surface area contributed by atoms with Crippen LogP contribution in [0.5, 0.6) is 0 Å². The molecule has 1 N–H and O–H groups in total. The molecular formula is C19H17FN2O. The Balaban J connectivity index is 1.71.